The maximum Gasteiger partial charge on any atom is 0.279 e. The molecule has 2 heterocycles. The molecule has 8 heteroatoms. The van der Waals surface area contributed by atoms with Crippen LogP contribution in [0, 0.1) is 5.92 Å². The second kappa shape index (κ2) is 8.47. The van der Waals surface area contributed by atoms with Crippen LogP contribution in [0.4, 0.5) is 5.69 Å². The molecule has 2 saturated heterocycles. The van der Waals surface area contributed by atoms with Crippen LogP contribution in [0.2, 0.25) is 0 Å². The highest BCUT2D eigenvalue weighted by molar-refractivity contribution is 7.87. The van der Waals surface area contributed by atoms with Crippen LogP contribution in [-0.2, 0) is 26.3 Å². The Morgan fingerprint density at radius 3 is 2.62 bits per heavy atom. The van der Waals surface area contributed by atoms with E-state index in [0.717, 1.165) is 37.1 Å². The monoisotopic (exact) mass is 381 g/mol. The van der Waals surface area contributed by atoms with Crippen molar-refractivity contribution >= 4 is 21.8 Å². The fourth-order valence-electron chi connectivity index (χ4n) is 3.60. The lowest BCUT2D eigenvalue weighted by molar-refractivity contribution is -0.117. The van der Waals surface area contributed by atoms with Crippen LogP contribution in [0.5, 0.6) is 0 Å². The summed E-state index contributed by atoms with van der Waals surface area (Å²) in [5.74, 6) is 0.400. The molecule has 144 valence electrons. The van der Waals surface area contributed by atoms with Crippen molar-refractivity contribution in [2.24, 2.45) is 5.92 Å². The molecule has 2 fully saturated rings. The minimum atomic E-state index is -3.50. The van der Waals surface area contributed by atoms with Gasteiger partial charge in [-0.1, -0.05) is 12.1 Å². The van der Waals surface area contributed by atoms with Crippen molar-refractivity contribution in [2.45, 2.75) is 32.2 Å². The first-order valence-corrected chi connectivity index (χ1v) is 10.6. The zero-order valence-corrected chi connectivity index (χ0v) is 16.0. The Morgan fingerprint density at radius 1 is 1.19 bits per heavy atom. The molecule has 2 aliphatic rings. The molecule has 1 unspecified atom stereocenters. The molecule has 1 amide bonds. The van der Waals surface area contributed by atoms with Crippen molar-refractivity contribution in [1.82, 2.24) is 9.03 Å². The van der Waals surface area contributed by atoms with Crippen molar-refractivity contribution in [3.8, 4) is 0 Å². The van der Waals surface area contributed by atoms with E-state index in [4.69, 9.17) is 4.74 Å². The zero-order chi connectivity index (χ0) is 18.6. The number of hydrogen-bond acceptors (Lipinski definition) is 4. The second-order valence-corrected chi connectivity index (χ2v) is 8.72. The first kappa shape index (κ1) is 19.3. The van der Waals surface area contributed by atoms with Gasteiger partial charge in [0.2, 0.25) is 5.91 Å². The predicted octanol–water partition coefficient (Wildman–Crippen LogP) is 1.51. The number of rotatable bonds is 7. The van der Waals surface area contributed by atoms with E-state index in [0.29, 0.717) is 26.1 Å². The maximum atomic E-state index is 12.5. The van der Waals surface area contributed by atoms with Gasteiger partial charge >= 0.3 is 0 Å². The second-order valence-electron chi connectivity index (χ2n) is 6.96. The van der Waals surface area contributed by atoms with Gasteiger partial charge < -0.3 is 9.64 Å². The number of carbonyl (C=O) groups is 1. The molecule has 0 aliphatic carbocycles. The van der Waals surface area contributed by atoms with Crippen LogP contribution in [0.3, 0.4) is 0 Å². The molecule has 1 aromatic rings. The van der Waals surface area contributed by atoms with Crippen LogP contribution in [-0.4, -0.2) is 52.0 Å². The molecular weight excluding hydrogens is 354 g/mol. The molecule has 0 bridgehead atoms. The first-order valence-electron chi connectivity index (χ1n) is 9.12. The van der Waals surface area contributed by atoms with Gasteiger partial charge in [-0.25, -0.2) is 0 Å². The van der Waals surface area contributed by atoms with Crippen LogP contribution in [0.15, 0.2) is 24.3 Å². The van der Waals surface area contributed by atoms with Gasteiger partial charge in [0.05, 0.1) is 6.61 Å². The molecule has 0 radical (unpaired) electrons. The van der Waals surface area contributed by atoms with Gasteiger partial charge in [-0.05, 0) is 42.9 Å². The lowest BCUT2D eigenvalue weighted by Gasteiger charge is -2.31. The number of anilines is 1. The van der Waals surface area contributed by atoms with Crippen LogP contribution >= 0.6 is 0 Å². The average Bonchev–Trinajstić information content (AvgIpc) is 3.07. The molecule has 3 rings (SSSR count). The Bertz CT molecular complexity index is 718. The normalized spacial score (nSPS) is 22.1. The summed E-state index contributed by atoms with van der Waals surface area (Å²) in [4.78, 5) is 13.6. The summed E-state index contributed by atoms with van der Waals surface area (Å²) >= 11 is 0. The van der Waals surface area contributed by atoms with Crippen molar-refractivity contribution in [3.05, 3.63) is 29.8 Å². The molecular formula is C18H27N3O4S. The fraction of sp³-hybridized carbons (Fsp3) is 0.611. The van der Waals surface area contributed by atoms with Gasteiger partial charge in [0, 0.05) is 45.4 Å². The third kappa shape index (κ3) is 4.62. The van der Waals surface area contributed by atoms with Crippen molar-refractivity contribution in [3.63, 3.8) is 0 Å². The van der Waals surface area contributed by atoms with Crippen LogP contribution < -0.4 is 9.62 Å². The topological polar surface area (TPSA) is 79.0 Å². The third-order valence-electron chi connectivity index (χ3n) is 5.00. The van der Waals surface area contributed by atoms with E-state index < -0.39 is 10.2 Å². The highest BCUT2D eigenvalue weighted by atomic mass is 32.2. The average molecular weight is 381 g/mol. The Kier molecular flexibility index (Phi) is 6.29. The van der Waals surface area contributed by atoms with E-state index in [1.54, 1.807) is 12.0 Å². The number of amides is 1. The van der Waals surface area contributed by atoms with Gasteiger partial charge in [0.25, 0.3) is 10.2 Å². The molecule has 2 aliphatic heterocycles. The van der Waals surface area contributed by atoms with Gasteiger partial charge in [0.1, 0.15) is 0 Å². The summed E-state index contributed by atoms with van der Waals surface area (Å²) in [6.07, 6.45) is 3.34. The number of piperidine rings is 1. The van der Waals surface area contributed by atoms with E-state index in [2.05, 4.69) is 4.72 Å². The number of carbonyl (C=O) groups excluding carboxylic acids is 1. The quantitative estimate of drug-likeness (QED) is 0.776. The summed E-state index contributed by atoms with van der Waals surface area (Å²) in [7, 11) is -1.86. The summed E-state index contributed by atoms with van der Waals surface area (Å²) in [6, 6.07) is 7.49. The van der Waals surface area contributed by atoms with Crippen molar-refractivity contribution in [2.75, 3.05) is 38.3 Å². The molecule has 0 aromatic heterocycles. The largest absolute Gasteiger partial charge is 0.384 e. The standard InChI is InChI=1S/C18H27N3O4S/c1-25-14-16-4-2-10-20(13-16)26(23,24)19-12-15-6-8-17(9-7-15)21-11-3-5-18(21)22/h6-9,16,19H,2-5,10-14H2,1H3. The Hall–Kier alpha value is -1.48. The summed E-state index contributed by atoms with van der Waals surface area (Å²) in [5, 5.41) is 0. The molecule has 26 heavy (non-hydrogen) atoms. The van der Waals surface area contributed by atoms with E-state index >= 15 is 0 Å². The lowest BCUT2D eigenvalue weighted by atomic mass is 10.0. The van der Waals surface area contributed by atoms with Gasteiger partial charge in [0.15, 0.2) is 0 Å². The minimum Gasteiger partial charge on any atom is -0.384 e. The maximum absolute atomic E-state index is 12.5. The van der Waals surface area contributed by atoms with Crippen LogP contribution in [0.1, 0.15) is 31.2 Å². The van der Waals surface area contributed by atoms with Gasteiger partial charge in [-0.3, -0.25) is 4.79 Å². The lowest BCUT2D eigenvalue weighted by Crippen LogP contribution is -2.46. The molecule has 0 spiro atoms. The highest BCUT2D eigenvalue weighted by Crippen LogP contribution is 2.22. The molecule has 1 atom stereocenters. The number of ether oxygens (including phenoxy) is 1. The zero-order valence-electron chi connectivity index (χ0n) is 15.2. The number of nitrogens with one attached hydrogen (secondary N) is 1. The van der Waals surface area contributed by atoms with E-state index in [9.17, 15) is 13.2 Å². The summed E-state index contributed by atoms with van der Waals surface area (Å²) in [6.45, 7) is 2.62. The van der Waals surface area contributed by atoms with Gasteiger partial charge in [-0.15, -0.1) is 0 Å². The van der Waals surface area contributed by atoms with E-state index in [1.807, 2.05) is 24.3 Å². The predicted molar refractivity (Wildman–Crippen MR) is 100.0 cm³/mol. The number of methoxy groups -OCH3 is 1. The third-order valence-corrected chi connectivity index (χ3v) is 6.52. The van der Waals surface area contributed by atoms with Crippen molar-refractivity contribution in [1.29, 1.82) is 0 Å². The first-order chi connectivity index (χ1) is 12.5. The van der Waals surface area contributed by atoms with Gasteiger partial charge in [-0.2, -0.15) is 17.4 Å². The smallest absolute Gasteiger partial charge is 0.279 e. The fourth-order valence-corrected chi connectivity index (χ4v) is 4.91. The minimum absolute atomic E-state index is 0.147. The summed E-state index contributed by atoms with van der Waals surface area (Å²) < 4.78 is 34.5. The number of nitrogens with zero attached hydrogens (tertiary/aromatic N) is 2. The number of benzene rings is 1. The molecule has 0 saturated carbocycles. The number of hydrogen-bond donors (Lipinski definition) is 1. The van der Waals surface area contributed by atoms with E-state index in [1.165, 1.54) is 4.31 Å². The Labute approximate surface area is 155 Å². The Balaban J connectivity index is 1.56. The SMILES string of the molecule is COCC1CCCN(S(=O)(=O)NCc2ccc(N3CCCC3=O)cc2)C1. The molecule has 1 N–H and O–H groups in total. The van der Waals surface area contributed by atoms with Crippen molar-refractivity contribution < 1.29 is 17.9 Å². The molecule has 7 nitrogen and oxygen atoms in total. The summed E-state index contributed by atoms with van der Waals surface area (Å²) in [5.41, 5.74) is 1.74. The van der Waals surface area contributed by atoms with E-state index in [-0.39, 0.29) is 18.4 Å². The Morgan fingerprint density at radius 2 is 1.96 bits per heavy atom. The van der Waals surface area contributed by atoms with Crippen LogP contribution in [0.25, 0.3) is 0 Å². The molecule has 1 aromatic carbocycles. The highest BCUT2D eigenvalue weighted by Gasteiger charge is 2.28.